The lowest BCUT2D eigenvalue weighted by Gasteiger charge is -2.20. The van der Waals surface area contributed by atoms with E-state index < -0.39 is 11.6 Å². The van der Waals surface area contributed by atoms with E-state index in [0.29, 0.717) is 5.69 Å². The van der Waals surface area contributed by atoms with Crippen LogP contribution in [-0.4, -0.2) is 39.4 Å². The molecule has 2 aliphatic rings. The van der Waals surface area contributed by atoms with Crippen molar-refractivity contribution in [3.05, 3.63) is 30.0 Å². The Labute approximate surface area is 164 Å². The van der Waals surface area contributed by atoms with Gasteiger partial charge < -0.3 is 15.2 Å². The van der Waals surface area contributed by atoms with E-state index in [9.17, 15) is 14.4 Å². The third kappa shape index (κ3) is 3.04. The Bertz CT molecular complexity index is 975. The molecule has 1 atom stereocenters. The lowest BCUT2D eigenvalue weighted by atomic mass is 9.96. The summed E-state index contributed by atoms with van der Waals surface area (Å²) in [4.78, 5) is 38.4. The van der Waals surface area contributed by atoms with Gasteiger partial charge in [-0.05, 0) is 63.3 Å². The van der Waals surface area contributed by atoms with E-state index in [1.165, 1.54) is 5.69 Å². The molecule has 1 saturated heterocycles. The topological polar surface area (TPSA) is 83.4 Å². The van der Waals surface area contributed by atoms with Crippen molar-refractivity contribution >= 4 is 34.4 Å². The number of benzene rings is 1. The highest BCUT2D eigenvalue weighted by molar-refractivity contribution is 6.10. The molecule has 0 spiro atoms. The lowest BCUT2D eigenvalue weighted by molar-refractivity contribution is -0.134. The zero-order chi connectivity index (χ0) is 20.1. The molecular weight excluding hydrogens is 356 g/mol. The number of nitrogens with one attached hydrogen (secondary N) is 2. The molecule has 0 radical (unpaired) electrons. The second-order valence-electron chi connectivity index (χ2n) is 8.06. The number of nitrogens with zero attached hydrogens (tertiary/aromatic N) is 2. The molecule has 0 unspecified atom stereocenters. The summed E-state index contributed by atoms with van der Waals surface area (Å²) in [6.07, 6.45) is 2.91. The molecule has 2 aromatic rings. The van der Waals surface area contributed by atoms with E-state index in [1.807, 2.05) is 18.2 Å². The molecule has 1 saturated carbocycles. The van der Waals surface area contributed by atoms with Crippen LogP contribution in [0.25, 0.3) is 10.9 Å². The summed E-state index contributed by atoms with van der Waals surface area (Å²) in [6.45, 7) is 6.64. The minimum atomic E-state index is -0.865. The summed E-state index contributed by atoms with van der Waals surface area (Å²) in [7, 11) is 0. The largest absolute Gasteiger partial charge is 0.345 e. The van der Waals surface area contributed by atoms with E-state index in [1.54, 1.807) is 6.92 Å². The van der Waals surface area contributed by atoms with Crippen LogP contribution < -0.4 is 10.6 Å². The van der Waals surface area contributed by atoms with Crippen LogP contribution in [0, 0.1) is 12.8 Å². The number of urea groups is 1. The van der Waals surface area contributed by atoms with E-state index in [2.05, 4.69) is 35.1 Å². The van der Waals surface area contributed by atoms with Crippen molar-refractivity contribution in [3.8, 4) is 0 Å². The highest BCUT2D eigenvalue weighted by atomic mass is 16.2. The Morgan fingerprint density at radius 1 is 1.29 bits per heavy atom. The van der Waals surface area contributed by atoms with Gasteiger partial charge in [0.2, 0.25) is 5.91 Å². The predicted molar refractivity (Wildman–Crippen MR) is 107 cm³/mol. The number of aryl methyl sites for hydroxylation is 2. The Hall–Kier alpha value is -2.83. The molecule has 7 heteroatoms. The monoisotopic (exact) mass is 382 g/mol. The summed E-state index contributed by atoms with van der Waals surface area (Å²) in [5.41, 5.74) is 2.10. The van der Waals surface area contributed by atoms with Crippen molar-refractivity contribution in [2.45, 2.75) is 52.1 Å². The summed E-state index contributed by atoms with van der Waals surface area (Å²) < 4.78 is 2.26. The first kappa shape index (κ1) is 18.5. The smallest absolute Gasteiger partial charge is 0.325 e. The van der Waals surface area contributed by atoms with Crippen molar-refractivity contribution < 1.29 is 14.4 Å². The zero-order valence-electron chi connectivity index (χ0n) is 16.5. The van der Waals surface area contributed by atoms with Gasteiger partial charge in [-0.15, -0.1) is 0 Å². The number of hydrogen-bond acceptors (Lipinski definition) is 3. The molecular formula is C21H26N4O3. The van der Waals surface area contributed by atoms with E-state index in [-0.39, 0.29) is 24.3 Å². The van der Waals surface area contributed by atoms with E-state index >= 15 is 0 Å². The summed E-state index contributed by atoms with van der Waals surface area (Å²) in [6, 6.07) is 7.38. The Kier molecular flexibility index (Phi) is 4.40. The minimum absolute atomic E-state index is 0.176. The van der Waals surface area contributed by atoms with Gasteiger partial charge in [-0.3, -0.25) is 14.5 Å². The van der Waals surface area contributed by atoms with Gasteiger partial charge in [-0.2, -0.15) is 0 Å². The van der Waals surface area contributed by atoms with Gasteiger partial charge in [-0.25, -0.2) is 4.79 Å². The van der Waals surface area contributed by atoms with E-state index in [4.69, 9.17) is 0 Å². The van der Waals surface area contributed by atoms with Crippen LogP contribution >= 0.6 is 0 Å². The first-order valence-electron chi connectivity index (χ1n) is 9.87. The molecule has 28 heavy (non-hydrogen) atoms. The third-order valence-electron chi connectivity index (χ3n) is 5.84. The fourth-order valence-corrected chi connectivity index (χ4v) is 4.15. The molecule has 2 fully saturated rings. The van der Waals surface area contributed by atoms with E-state index in [0.717, 1.165) is 41.6 Å². The SMILES string of the molecule is CCCn1c(C)cc2cc(NC(=O)CN3C(=O)N[C@](C)(C4CC4)C3=O)ccc21. The maximum atomic E-state index is 12.6. The molecule has 0 bridgehead atoms. The lowest BCUT2D eigenvalue weighted by Crippen LogP contribution is -2.46. The van der Waals surface area contributed by atoms with Gasteiger partial charge in [-0.1, -0.05) is 6.92 Å². The molecule has 1 aromatic heterocycles. The second-order valence-corrected chi connectivity index (χ2v) is 8.06. The number of amides is 4. The average molecular weight is 382 g/mol. The average Bonchev–Trinajstić information content (AvgIpc) is 3.42. The number of imide groups is 1. The predicted octanol–water partition coefficient (Wildman–Crippen LogP) is 3.02. The Morgan fingerprint density at radius 2 is 2.04 bits per heavy atom. The fraction of sp³-hybridized carbons (Fsp3) is 0.476. The minimum Gasteiger partial charge on any atom is -0.345 e. The molecule has 2 heterocycles. The molecule has 4 amide bonds. The number of rotatable bonds is 6. The number of anilines is 1. The van der Waals surface area contributed by atoms with Crippen molar-refractivity contribution in [1.82, 2.24) is 14.8 Å². The van der Waals surface area contributed by atoms with Gasteiger partial charge in [0, 0.05) is 28.8 Å². The Balaban J connectivity index is 1.46. The number of carbonyl (C=O) groups is 3. The van der Waals surface area contributed by atoms with Gasteiger partial charge in [0.15, 0.2) is 0 Å². The molecule has 2 N–H and O–H groups in total. The third-order valence-corrected chi connectivity index (χ3v) is 5.84. The van der Waals surface area contributed by atoms with Crippen LogP contribution in [0.1, 0.15) is 38.8 Å². The van der Waals surface area contributed by atoms with Gasteiger partial charge in [0.05, 0.1) is 0 Å². The summed E-state index contributed by atoms with van der Waals surface area (Å²) >= 11 is 0. The Morgan fingerprint density at radius 3 is 2.71 bits per heavy atom. The molecule has 148 valence electrons. The van der Waals surface area contributed by atoms with Crippen molar-refractivity contribution in [1.29, 1.82) is 0 Å². The number of fused-ring (bicyclic) bond motifs is 1. The summed E-state index contributed by atoms with van der Waals surface area (Å²) in [5, 5.41) is 6.63. The van der Waals surface area contributed by atoms with Crippen LogP contribution in [0.3, 0.4) is 0 Å². The standard InChI is InChI=1S/C21H26N4O3/c1-4-9-24-13(2)10-14-11-16(7-8-17(14)24)22-18(26)12-25-19(27)21(3,15-5-6-15)23-20(25)28/h7-8,10-11,15H,4-6,9,12H2,1-3H3,(H,22,26)(H,23,28)/t21-/m1/s1. The first-order valence-corrected chi connectivity index (χ1v) is 9.87. The highest BCUT2D eigenvalue weighted by Gasteiger charge is 2.56. The van der Waals surface area contributed by atoms with Crippen molar-refractivity contribution in [2.24, 2.45) is 5.92 Å². The highest BCUT2D eigenvalue weighted by Crippen LogP contribution is 2.42. The molecule has 7 nitrogen and oxygen atoms in total. The van der Waals surface area contributed by atoms with Crippen molar-refractivity contribution in [2.75, 3.05) is 11.9 Å². The molecule has 1 aliphatic carbocycles. The maximum absolute atomic E-state index is 12.6. The first-order chi connectivity index (χ1) is 13.3. The number of hydrogen-bond donors (Lipinski definition) is 2. The molecule has 4 rings (SSSR count). The summed E-state index contributed by atoms with van der Waals surface area (Å²) in [5.74, 6) is -0.514. The normalized spacial score (nSPS) is 22.0. The second kappa shape index (κ2) is 6.65. The molecule has 1 aliphatic heterocycles. The fourth-order valence-electron chi connectivity index (χ4n) is 4.15. The van der Waals surface area contributed by atoms with Crippen molar-refractivity contribution in [3.63, 3.8) is 0 Å². The van der Waals surface area contributed by atoms with Crippen LogP contribution in [0.15, 0.2) is 24.3 Å². The van der Waals surface area contributed by atoms with Crippen LogP contribution in [0.5, 0.6) is 0 Å². The quantitative estimate of drug-likeness (QED) is 0.754. The van der Waals surface area contributed by atoms with Gasteiger partial charge >= 0.3 is 6.03 Å². The van der Waals surface area contributed by atoms with Crippen LogP contribution in [-0.2, 0) is 16.1 Å². The number of aromatic nitrogens is 1. The molecule has 1 aromatic carbocycles. The number of carbonyl (C=O) groups excluding carboxylic acids is 3. The maximum Gasteiger partial charge on any atom is 0.325 e. The van der Waals surface area contributed by atoms with Gasteiger partial charge in [0.25, 0.3) is 5.91 Å². The van der Waals surface area contributed by atoms with Crippen LogP contribution in [0.4, 0.5) is 10.5 Å². The van der Waals surface area contributed by atoms with Gasteiger partial charge in [0.1, 0.15) is 12.1 Å². The van der Waals surface area contributed by atoms with Crippen LogP contribution in [0.2, 0.25) is 0 Å². The zero-order valence-corrected chi connectivity index (χ0v) is 16.5.